The van der Waals surface area contributed by atoms with Crippen molar-refractivity contribution < 1.29 is 23.6 Å². The number of piperazine rings is 1. The van der Waals surface area contributed by atoms with E-state index in [0.717, 1.165) is 44.2 Å². The summed E-state index contributed by atoms with van der Waals surface area (Å²) in [6, 6.07) is 6.84. The lowest BCUT2D eigenvalue weighted by Gasteiger charge is -2.52. The Balaban J connectivity index is 1.11. The zero-order chi connectivity index (χ0) is 23.3. The van der Waals surface area contributed by atoms with E-state index in [1.165, 1.54) is 6.07 Å². The Morgan fingerprint density at radius 3 is 2.48 bits per heavy atom. The van der Waals surface area contributed by atoms with Gasteiger partial charge in [-0.2, -0.15) is 5.06 Å². The molecule has 2 saturated heterocycles. The third-order valence-electron chi connectivity index (χ3n) is 8.20. The second-order valence-corrected chi connectivity index (χ2v) is 10.4. The number of carbonyl (C=O) groups is 3. The molecule has 7 nitrogen and oxygen atoms in total. The molecule has 0 aromatic heterocycles. The highest BCUT2D eigenvalue weighted by Crippen LogP contribution is 2.60. The minimum atomic E-state index is -0.557. The van der Waals surface area contributed by atoms with Gasteiger partial charge in [0.1, 0.15) is 11.6 Å². The maximum absolute atomic E-state index is 14.0. The summed E-state index contributed by atoms with van der Waals surface area (Å²) < 4.78 is 14.0. The van der Waals surface area contributed by atoms with Crippen LogP contribution < -0.4 is 4.90 Å². The van der Waals surface area contributed by atoms with Gasteiger partial charge >= 0.3 is 0 Å². The normalized spacial score (nSPS) is 34.3. The Bertz CT molecular complexity index is 963. The average Bonchev–Trinajstić information content (AvgIpc) is 3.03. The molecule has 3 aliphatic carbocycles. The molecule has 33 heavy (non-hydrogen) atoms. The average molecular weight is 458 g/mol. The minimum absolute atomic E-state index is 0.120. The SMILES string of the molecule is CC1C[C@]2(C)CC(=O)[C@H]1C1C(=O)N(OCCCN3CCN(c4ccccc4F)CC3)C(=O)C12. The molecule has 0 N–H and O–H groups in total. The first-order valence-electron chi connectivity index (χ1n) is 12.1. The van der Waals surface area contributed by atoms with Crippen molar-refractivity contribution >= 4 is 23.3 Å². The van der Waals surface area contributed by atoms with Crippen LogP contribution in [0.3, 0.4) is 0 Å². The molecule has 3 saturated carbocycles. The molecular weight excluding hydrogens is 425 g/mol. The Morgan fingerprint density at radius 2 is 1.79 bits per heavy atom. The van der Waals surface area contributed by atoms with Gasteiger partial charge < -0.3 is 4.90 Å². The molecule has 5 atom stereocenters. The van der Waals surface area contributed by atoms with Crippen molar-refractivity contribution in [1.82, 2.24) is 9.96 Å². The summed E-state index contributed by atoms with van der Waals surface area (Å²) in [7, 11) is 0. The van der Waals surface area contributed by atoms with E-state index >= 15 is 0 Å². The van der Waals surface area contributed by atoms with Crippen LogP contribution in [0.2, 0.25) is 0 Å². The monoisotopic (exact) mass is 457 g/mol. The lowest BCUT2D eigenvalue weighted by molar-refractivity contribution is -0.190. The van der Waals surface area contributed by atoms with Gasteiger partial charge in [-0.05, 0) is 36.3 Å². The number of Topliss-reactive ketones (excluding diaryl/α,β-unsaturated/α-hetero) is 1. The van der Waals surface area contributed by atoms with Crippen molar-refractivity contribution in [3.05, 3.63) is 30.1 Å². The van der Waals surface area contributed by atoms with E-state index in [1.54, 1.807) is 12.1 Å². The molecule has 2 bridgehead atoms. The van der Waals surface area contributed by atoms with Crippen LogP contribution in [0.25, 0.3) is 0 Å². The zero-order valence-corrected chi connectivity index (χ0v) is 19.3. The Labute approximate surface area is 193 Å². The Morgan fingerprint density at radius 1 is 1.06 bits per heavy atom. The lowest BCUT2D eigenvalue weighted by atomic mass is 9.48. The second kappa shape index (κ2) is 8.47. The molecule has 2 heterocycles. The van der Waals surface area contributed by atoms with Crippen LogP contribution in [0.1, 0.15) is 33.1 Å². The standard InChI is InChI=1S/C25H32FN3O4/c1-16-14-25(2)15-19(30)20(16)21-22(25)24(32)29(23(21)31)33-13-5-8-27-9-11-28(12-10-27)18-7-4-3-6-17(18)26/h3-4,6-7,16,20-22H,5,8-15H2,1-2H3/t16?,20-,21?,22?,25+/m0/s1. The maximum atomic E-state index is 14.0. The van der Waals surface area contributed by atoms with Gasteiger partial charge in [-0.25, -0.2) is 4.39 Å². The number of hydroxylamine groups is 2. The van der Waals surface area contributed by atoms with Crippen molar-refractivity contribution in [1.29, 1.82) is 0 Å². The van der Waals surface area contributed by atoms with Gasteiger partial charge in [-0.15, -0.1) is 0 Å². The number of fused-ring (bicyclic) bond motifs is 2. The third-order valence-corrected chi connectivity index (χ3v) is 8.20. The van der Waals surface area contributed by atoms with Crippen LogP contribution in [0.5, 0.6) is 0 Å². The predicted molar refractivity (Wildman–Crippen MR) is 119 cm³/mol. The van der Waals surface area contributed by atoms with Crippen molar-refractivity contribution in [3.8, 4) is 0 Å². The van der Waals surface area contributed by atoms with Crippen molar-refractivity contribution in [3.63, 3.8) is 0 Å². The number of imide groups is 1. The van der Waals surface area contributed by atoms with Crippen LogP contribution >= 0.6 is 0 Å². The fraction of sp³-hybridized carbons (Fsp3) is 0.640. The fourth-order valence-corrected chi connectivity index (χ4v) is 6.81. The molecule has 1 aromatic carbocycles. The van der Waals surface area contributed by atoms with E-state index in [1.807, 2.05) is 19.9 Å². The van der Waals surface area contributed by atoms with E-state index < -0.39 is 17.3 Å². The van der Waals surface area contributed by atoms with Crippen molar-refractivity contribution in [2.45, 2.75) is 33.1 Å². The molecule has 5 aliphatic rings. The van der Waals surface area contributed by atoms with Gasteiger partial charge in [0.05, 0.1) is 24.1 Å². The summed E-state index contributed by atoms with van der Waals surface area (Å²) in [6.07, 6.45) is 1.87. The Kier molecular flexibility index (Phi) is 5.77. The molecule has 8 heteroatoms. The molecule has 0 spiro atoms. The summed E-state index contributed by atoms with van der Waals surface area (Å²) in [5.41, 5.74) is 0.196. The van der Waals surface area contributed by atoms with Gasteiger partial charge in [-0.3, -0.25) is 24.1 Å². The molecule has 2 amide bonds. The summed E-state index contributed by atoms with van der Waals surface area (Å²) in [4.78, 5) is 48.8. The van der Waals surface area contributed by atoms with Crippen molar-refractivity contribution in [2.24, 2.45) is 29.1 Å². The molecule has 1 aromatic rings. The number of rotatable bonds is 6. The van der Waals surface area contributed by atoms with Gasteiger partial charge in [0.15, 0.2) is 0 Å². The number of hydrogen-bond donors (Lipinski definition) is 0. The highest BCUT2D eigenvalue weighted by molar-refractivity contribution is 6.08. The first-order valence-corrected chi connectivity index (χ1v) is 12.1. The van der Waals surface area contributed by atoms with Crippen LogP contribution in [-0.2, 0) is 19.2 Å². The topological polar surface area (TPSA) is 70.2 Å². The molecular formula is C25H32FN3O4. The first kappa shape index (κ1) is 22.5. The van der Waals surface area contributed by atoms with E-state index in [0.29, 0.717) is 18.5 Å². The number of ketones is 1. The molecule has 3 unspecified atom stereocenters. The van der Waals surface area contributed by atoms with Crippen LogP contribution in [0.15, 0.2) is 24.3 Å². The number of anilines is 1. The summed E-state index contributed by atoms with van der Waals surface area (Å²) >= 11 is 0. The number of benzene rings is 1. The lowest BCUT2D eigenvalue weighted by Crippen LogP contribution is -2.56. The molecule has 0 radical (unpaired) electrons. The largest absolute Gasteiger partial charge is 0.367 e. The maximum Gasteiger partial charge on any atom is 0.258 e. The van der Waals surface area contributed by atoms with E-state index in [2.05, 4.69) is 9.80 Å². The highest BCUT2D eigenvalue weighted by atomic mass is 19.1. The van der Waals surface area contributed by atoms with Gasteiger partial charge in [0, 0.05) is 45.1 Å². The molecule has 2 aliphatic heterocycles. The number of hydrogen-bond acceptors (Lipinski definition) is 6. The minimum Gasteiger partial charge on any atom is -0.367 e. The number of carbonyl (C=O) groups excluding carboxylic acids is 3. The van der Waals surface area contributed by atoms with E-state index in [-0.39, 0.29) is 41.9 Å². The molecule has 178 valence electrons. The summed E-state index contributed by atoms with van der Waals surface area (Å²) in [5, 5.41) is 0.966. The number of nitrogens with zero attached hydrogens (tertiary/aromatic N) is 3. The third kappa shape index (κ3) is 3.77. The quantitative estimate of drug-likeness (QED) is 0.483. The summed E-state index contributed by atoms with van der Waals surface area (Å²) in [5.74, 6) is -1.90. The molecule has 5 fully saturated rings. The van der Waals surface area contributed by atoms with Crippen LogP contribution in [0, 0.1) is 34.9 Å². The number of halogens is 1. The van der Waals surface area contributed by atoms with E-state index in [9.17, 15) is 18.8 Å². The zero-order valence-electron chi connectivity index (χ0n) is 19.3. The molecule has 6 rings (SSSR count). The number of amides is 2. The fourth-order valence-electron chi connectivity index (χ4n) is 6.81. The Hall–Kier alpha value is -2.32. The second-order valence-electron chi connectivity index (χ2n) is 10.4. The van der Waals surface area contributed by atoms with Gasteiger partial charge in [0.2, 0.25) is 0 Å². The van der Waals surface area contributed by atoms with Gasteiger partial charge in [-0.1, -0.05) is 26.0 Å². The predicted octanol–water partition coefficient (Wildman–Crippen LogP) is 2.51. The smallest absolute Gasteiger partial charge is 0.258 e. The van der Waals surface area contributed by atoms with Crippen LogP contribution in [-0.4, -0.2) is 66.9 Å². The van der Waals surface area contributed by atoms with Gasteiger partial charge in [0.25, 0.3) is 11.8 Å². The van der Waals surface area contributed by atoms with Crippen LogP contribution in [0.4, 0.5) is 10.1 Å². The summed E-state index contributed by atoms with van der Waals surface area (Å²) in [6.45, 7) is 8.19. The highest BCUT2D eigenvalue weighted by Gasteiger charge is 2.67. The first-order chi connectivity index (χ1) is 15.8. The van der Waals surface area contributed by atoms with E-state index in [4.69, 9.17) is 4.84 Å². The van der Waals surface area contributed by atoms with Crippen molar-refractivity contribution in [2.75, 3.05) is 44.2 Å². The number of para-hydroxylation sites is 1.